The van der Waals surface area contributed by atoms with Crippen molar-refractivity contribution in [2.45, 2.75) is 0 Å². The molecular weight excluding hydrogens is 1390 g/mol. The van der Waals surface area contributed by atoms with E-state index in [4.69, 9.17) is 0 Å². The summed E-state index contributed by atoms with van der Waals surface area (Å²) in [6.45, 7) is 0. The zero-order chi connectivity index (χ0) is 0. The van der Waals surface area contributed by atoms with E-state index in [0.717, 1.165) is 0 Å². The molecule has 0 spiro atoms. The normalized spacial score (nSPS) is 0. The van der Waals surface area contributed by atoms with Gasteiger partial charge in [-0.05, 0) is 0 Å². The zero-order valence-electron chi connectivity index (χ0n) is 5.10. The van der Waals surface area contributed by atoms with Crippen LogP contribution in [-0.2, 0) is 0 Å². The van der Waals surface area contributed by atoms with Crippen LogP contribution >= 0.6 is 0 Å². The molecule has 11 heavy (non-hydrogen) atoms. The van der Waals surface area contributed by atoms with Gasteiger partial charge in [0.15, 0.2) is 0 Å². The summed E-state index contributed by atoms with van der Waals surface area (Å²) in [6.07, 6.45) is 0. The molecule has 0 aliphatic rings. The molecule has 0 amide bonds. The van der Waals surface area contributed by atoms with Gasteiger partial charge in [0, 0.05) is 0 Å². The molecule has 0 fully saturated rings. The van der Waals surface area contributed by atoms with E-state index in [-0.39, 0.29) is 287 Å². The van der Waals surface area contributed by atoms with E-state index in [9.17, 15) is 0 Å². The van der Waals surface area contributed by atoms with Crippen molar-refractivity contribution in [2.24, 2.45) is 0 Å². The molecule has 0 unspecified atom stereocenters. The molecule has 11 heteroatoms. The molecule has 0 atom stereocenters. The first-order chi connectivity index (χ1) is 0. The molecule has 0 radical (unpaired) electrons. The third kappa shape index (κ3) is 67.7. The van der Waals surface area contributed by atoms with E-state index in [1.807, 2.05) is 0 Å². The van der Waals surface area contributed by atoms with E-state index in [1.165, 1.54) is 0 Å². The summed E-state index contributed by atoms with van der Waals surface area (Å²) in [6, 6.07) is 0. The Morgan fingerprint density at radius 3 is 0.364 bits per heavy atom. The van der Waals surface area contributed by atoms with Gasteiger partial charge < -0.3 is 192 Å². The maximum atomic E-state index is 0. The quantitative estimate of drug-likeness (QED) is 0.168. The van der Waals surface area contributed by atoms with E-state index >= 15 is 0 Å². The molecule has 0 heterocycles. The Balaban J connectivity index is 0. The molecule has 0 saturated carbocycles. The topological polar surface area (TPSA) is 0 Å². The summed E-state index contributed by atoms with van der Waals surface area (Å²) in [4.78, 5) is 0. The van der Waals surface area contributed by atoms with Crippen molar-refractivity contribution >= 4 is 25.8 Å². The third-order valence-electron chi connectivity index (χ3n) is 0. The van der Waals surface area contributed by atoms with Crippen molar-refractivity contribution < 1.29 is 261 Å². The molecule has 0 rings (SSSR count). The number of hydrogen-bond donors (Lipinski definition) is 0. The summed E-state index contributed by atoms with van der Waals surface area (Å²) < 4.78 is 0. The van der Waals surface area contributed by atoms with Gasteiger partial charge in [-0.3, -0.25) is 0 Å². The first kappa shape index (κ1) is 88.9. The van der Waals surface area contributed by atoms with Gasteiger partial charge in [0.25, 0.3) is 0 Å². The van der Waals surface area contributed by atoms with Crippen molar-refractivity contribution in [1.82, 2.24) is 0 Å². The van der Waals surface area contributed by atoms with Gasteiger partial charge in [-0.25, -0.2) is 0 Å². The second-order valence-electron chi connectivity index (χ2n) is 0. The minimum atomic E-state index is 0. The summed E-state index contributed by atoms with van der Waals surface area (Å²) in [7, 11) is 0. The smallest absolute Gasteiger partial charge is 1.00 e. The predicted octanol–water partition coefficient (Wildman–Crippen LogP) is -27.3. The molecule has 0 aliphatic carbocycles. The average molecular weight is 1390 g/mol. The molecule has 0 nitrogen and oxygen atoms in total. The fourth-order valence-electron chi connectivity index (χ4n) is 0. The SMILES string of the molecule is [I-].[I-].[I-].[I-].[I-].[I-].[I-].[I-].[In+3].[Na+].[Th+4]. The van der Waals surface area contributed by atoms with Gasteiger partial charge in [-0.15, -0.1) is 0 Å². The Morgan fingerprint density at radius 2 is 0.364 bits per heavy atom. The van der Waals surface area contributed by atoms with Gasteiger partial charge in [-0.2, -0.15) is 0 Å². The van der Waals surface area contributed by atoms with Crippen LogP contribution in [-0.4, -0.2) is 25.8 Å². The first-order valence-corrected chi connectivity index (χ1v) is 0. The van der Waals surface area contributed by atoms with Crippen LogP contribution in [0.1, 0.15) is 0 Å². The Hall–Kier alpha value is 9.03. The number of rotatable bonds is 0. The van der Waals surface area contributed by atoms with Gasteiger partial charge in [0.05, 0.1) is 0 Å². The molecule has 0 aromatic rings. The molecule has 0 aromatic heterocycles. The van der Waals surface area contributed by atoms with Crippen molar-refractivity contribution in [2.75, 3.05) is 0 Å². The van der Waals surface area contributed by atoms with Crippen molar-refractivity contribution in [3.63, 3.8) is 0 Å². The molecule has 0 bridgehead atoms. The standard InChI is InChI=1S/8HI.In.Na.Th/h8*1H;;;/q;;;;;;;;+3;+1;+4/p-8. The Morgan fingerprint density at radius 1 is 0.364 bits per heavy atom. The third-order valence-corrected chi connectivity index (χ3v) is 0. The summed E-state index contributed by atoms with van der Waals surface area (Å²) >= 11 is 0. The summed E-state index contributed by atoms with van der Waals surface area (Å²) in [5, 5.41) is 0. The van der Waals surface area contributed by atoms with Crippen LogP contribution in [0.2, 0.25) is 0 Å². The minimum absolute atomic E-state index is 0. The molecule has 0 aromatic carbocycles. The van der Waals surface area contributed by atoms with Crippen molar-refractivity contribution in [3.8, 4) is 0 Å². The molecular formula is I8InNaTh. The van der Waals surface area contributed by atoms with Gasteiger partial charge >= 0.3 is 95.3 Å². The van der Waals surface area contributed by atoms with E-state index in [2.05, 4.69) is 0 Å². The van der Waals surface area contributed by atoms with E-state index in [1.54, 1.807) is 0 Å². The van der Waals surface area contributed by atoms with E-state index < -0.39 is 0 Å². The second-order valence-corrected chi connectivity index (χ2v) is 0. The number of halogens is 8. The first-order valence-electron chi connectivity index (χ1n) is 0. The Labute approximate surface area is 278 Å². The Bertz CT molecular complexity index is 14.1. The van der Waals surface area contributed by atoms with Crippen LogP contribution in [0.25, 0.3) is 0 Å². The minimum Gasteiger partial charge on any atom is -1.00 e. The van der Waals surface area contributed by atoms with Crippen molar-refractivity contribution in [1.29, 1.82) is 0 Å². The average Bonchev–Trinajstić information content (AvgIpc) is 0. The molecule has 0 aliphatic heterocycles. The summed E-state index contributed by atoms with van der Waals surface area (Å²) in [5.41, 5.74) is 0. The second kappa shape index (κ2) is 75.8. The Kier molecular flexibility index (Phi) is 613. The van der Waals surface area contributed by atoms with Crippen LogP contribution in [0.4, 0.5) is 0 Å². The number of hydrogen-bond acceptors (Lipinski definition) is 0. The zero-order valence-corrected chi connectivity index (χ0v) is 31.8. The van der Waals surface area contributed by atoms with Crippen LogP contribution in [0.15, 0.2) is 0 Å². The van der Waals surface area contributed by atoms with Crippen LogP contribution < -0.4 is 221 Å². The van der Waals surface area contributed by atoms with Crippen molar-refractivity contribution in [3.05, 3.63) is 0 Å². The maximum Gasteiger partial charge on any atom is 4.00 e. The molecule has 0 saturated heterocycles. The maximum absolute atomic E-state index is 0. The van der Waals surface area contributed by atoms with Gasteiger partial charge in [0.1, 0.15) is 0 Å². The van der Waals surface area contributed by atoms with Crippen LogP contribution in [0, 0.1) is 39.9 Å². The predicted molar refractivity (Wildman–Crippen MR) is 5.75 cm³/mol. The van der Waals surface area contributed by atoms with Crippen LogP contribution in [0.5, 0.6) is 0 Å². The van der Waals surface area contributed by atoms with Gasteiger partial charge in [-0.1, -0.05) is 0 Å². The van der Waals surface area contributed by atoms with Gasteiger partial charge in [0.2, 0.25) is 0 Å². The van der Waals surface area contributed by atoms with E-state index in [0.29, 0.717) is 0 Å². The molecule has 64 valence electrons. The molecule has 0 N–H and O–H groups in total. The fourth-order valence-corrected chi connectivity index (χ4v) is 0. The van der Waals surface area contributed by atoms with Crippen LogP contribution in [0.3, 0.4) is 0 Å². The fraction of sp³-hybridized carbons (Fsp3) is 0. The summed E-state index contributed by atoms with van der Waals surface area (Å²) in [5.74, 6) is 0. The largest absolute Gasteiger partial charge is 4.00 e. The monoisotopic (exact) mass is 1390 g/mol.